The van der Waals surface area contributed by atoms with Gasteiger partial charge >= 0.3 is 5.97 Å². The maximum atomic E-state index is 11.4. The molecule has 6 heteroatoms. The van der Waals surface area contributed by atoms with E-state index in [9.17, 15) is 9.90 Å². The van der Waals surface area contributed by atoms with Gasteiger partial charge in [0.05, 0.1) is 30.0 Å². The summed E-state index contributed by atoms with van der Waals surface area (Å²) < 4.78 is 11.2. The summed E-state index contributed by atoms with van der Waals surface area (Å²) in [5.74, 6) is -0.121. The van der Waals surface area contributed by atoms with Crippen LogP contribution in [0.15, 0.2) is 16.7 Å². The Hall–Kier alpha value is -1.69. The van der Waals surface area contributed by atoms with Crippen LogP contribution in [0.2, 0.25) is 0 Å². The van der Waals surface area contributed by atoms with E-state index in [1.54, 1.807) is 0 Å². The molecule has 1 aromatic rings. The van der Waals surface area contributed by atoms with E-state index in [1.165, 1.54) is 0 Å². The lowest BCUT2D eigenvalue weighted by molar-refractivity contribution is -0.142. The second-order valence-electron chi connectivity index (χ2n) is 6.20. The molecule has 2 fully saturated rings. The number of carbonyl (C=O) groups is 1. The minimum absolute atomic E-state index is 0.210. The second-order valence-corrected chi connectivity index (χ2v) is 6.20. The van der Waals surface area contributed by atoms with Crippen molar-refractivity contribution in [2.75, 3.05) is 0 Å². The molecule has 0 radical (unpaired) electrons. The SMILES string of the molecule is O=C(O)C1CC=CCC1c1nc(C2CC3CCC2O3)no1. The van der Waals surface area contributed by atoms with Crippen molar-refractivity contribution >= 4 is 5.97 Å². The van der Waals surface area contributed by atoms with Gasteiger partial charge in [0, 0.05) is 0 Å². The number of carboxylic acid groups (broad SMARTS) is 1. The van der Waals surface area contributed by atoms with Gasteiger partial charge in [0.25, 0.3) is 0 Å². The summed E-state index contributed by atoms with van der Waals surface area (Å²) in [6, 6.07) is 0. The molecule has 2 aliphatic heterocycles. The average Bonchev–Trinajstić information content (AvgIpc) is 3.23. The molecule has 0 aromatic carbocycles. The molecule has 1 aromatic heterocycles. The van der Waals surface area contributed by atoms with Crippen molar-refractivity contribution in [2.45, 2.75) is 56.1 Å². The molecule has 5 unspecified atom stereocenters. The molecule has 6 nitrogen and oxygen atoms in total. The third-order valence-electron chi connectivity index (χ3n) is 4.96. The first kappa shape index (κ1) is 13.0. The zero-order chi connectivity index (χ0) is 14.4. The van der Waals surface area contributed by atoms with Gasteiger partial charge in [0.15, 0.2) is 5.82 Å². The zero-order valence-corrected chi connectivity index (χ0v) is 11.6. The van der Waals surface area contributed by atoms with Crippen molar-refractivity contribution in [2.24, 2.45) is 5.92 Å². The van der Waals surface area contributed by atoms with Crippen LogP contribution in [0.1, 0.15) is 55.7 Å². The largest absolute Gasteiger partial charge is 0.481 e. The third kappa shape index (κ3) is 2.18. The van der Waals surface area contributed by atoms with Crippen molar-refractivity contribution in [1.82, 2.24) is 10.1 Å². The van der Waals surface area contributed by atoms with Gasteiger partial charge in [-0.05, 0) is 32.1 Å². The first-order chi connectivity index (χ1) is 10.2. The highest BCUT2D eigenvalue weighted by atomic mass is 16.5. The van der Waals surface area contributed by atoms with Gasteiger partial charge < -0.3 is 14.4 Å². The number of allylic oxidation sites excluding steroid dienone is 2. The van der Waals surface area contributed by atoms with E-state index >= 15 is 0 Å². The second kappa shape index (κ2) is 4.94. The Bertz CT molecular complexity index is 582. The minimum atomic E-state index is -0.799. The normalized spacial score (nSPS) is 38.0. The molecule has 3 aliphatic rings. The fraction of sp³-hybridized carbons (Fsp3) is 0.667. The summed E-state index contributed by atoms with van der Waals surface area (Å²) in [6.07, 6.45) is 8.76. The summed E-state index contributed by atoms with van der Waals surface area (Å²) in [4.78, 5) is 15.9. The molecule has 112 valence electrons. The molecule has 1 N–H and O–H groups in total. The van der Waals surface area contributed by atoms with Gasteiger partial charge in [-0.1, -0.05) is 17.3 Å². The Morgan fingerprint density at radius 3 is 2.81 bits per heavy atom. The Labute approximate surface area is 122 Å². The Morgan fingerprint density at radius 1 is 1.24 bits per heavy atom. The topological polar surface area (TPSA) is 85.5 Å². The molecular weight excluding hydrogens is 272 g/mol. The number of aliphatic carboxylic acids is 1. The van der Waals surface area contributed by atoms with E-state index in [-0.39, 0.29) is 17.9 Å². The smallest absolute Gasteiger partial charge is 0.307 e. The molecule has 5 atom stereocenters. The molecule has 0 amide bonds. The van der Waals surface area contributed by atoms with Gasteiger partial charge in [-0.2, -0.15) is 4.98 Å². The lowest BCUT2D eigenvalue weighted by Gasteiger charge is -2.21. The molecule has 21 heavy (non-hydrogen) atoms. The minimum Gasteiger partial charge on any atom is -0.481 e. The zero-order valence-electron chi connectivity index (χ0n) is 11.6. The number of rotatable bonds is 3. The van der Waals surface area contributed by atoms with E-state index in [2.05, 4.69) is 10.1 Å². The number of carboxylic acids is 1. The highest BCUT2D eigenvalue weighted by Gasteiger charge is 2.44. The lowest BCUT2D eigenvalue weighted by atomic mass is 9.83. The summed E-state index contributed by atoms with van der Waals surface area (Å²) >= 11 is 0. The predicted octanol–water partition coefficient (Wildman–Crippen LogP) is 2.24. The van der Waals surface area contributed by atoms with Crippen LogP contribution >= 0.6 is 0 Å². The molecule has 2 saturated heterocycles. The summed E-state index contributed by atoms with van der Waals surface area (Å²) in [6.45, 7) is 0. The van der Waals surface area contributed by atoms with Crippen molar-refractivity contribution in [3.63, 3.8) is 0 Å². The first-order valence-corrected chi connectivity index (χ1v) is 7.59. The lowest BCUT2D eigenvalue weighted by Crippen LogP contribution is -2.24. The maximum Gasteiger partial charge on any atom is 0.307 e. The maximum absolute atomic E-state index is 11.4. The monoisotopic (exact) mass is 290 g/mol. The first-order valence-electron chi connectivity index (χ1n) is 7.59. The predicted molar refractivity (Wildman–Crippen MR) is 71.8 cm³/mol. The molecular formula is C15H18N2O4. The Morgan fingerprint density at radius 2 is 2.10 bits per heavy atom. The van der Waals surface area contributed by atoms with Crippen molar-refractivity contribution < 1.29 is 19.2 Å². The number of hydrogen-bond donors (Lipinski definition) is 1. The molecule has 0 saturated carbocycles. The van der Waals surface area contributed by atoms with Crippen LogP contribution in [0.5, 0.6) is 0 Å². The van der Waals surface area contributed by atoms with Gasteiger partial charge in [-0.3, -0.25) is 4.79 Å². The molecule has 4 rings (SSSR count). The summed E-state index contributed by atoms with van der Waals surface area (Å²) in [5.41, 5.74) is 0. The van der Waals surface area contributed by atoms with E-state index in [4.69, 9.17) is 9.26 Å². The van der Waals surface area contributed by atoms with Crippen LogP contribution in [0.25, 0.3) is 0 Å². The highest BCUT2D eigenvalue weighted by Crippen LogP contribution is 2.44. The van der Waals surface area contributed by atoms with Crippen LogP contribution in [-0.4, -0.2) is 33.4 Å². The number of nitrogens with zero attached hydrogens (tertiary/aromatic N) is 2. The third-order valence-corrected chi connectivity index (χ3v) is 4.96. The van der Waals surface area contributed by atoms with E-state index < -0.39 is 11.9 Å². The number of hydrogen-bond acceptors (Lipinski definition) is 5. The molecule has 2 bridgehead atoms. The molecule has 1 aliphatic carbocycles. The van der Waals surface area contributed by atoms with Crippen LogP contribution < -0.4 is 0 Å². The van der Waals surface area contributed by atoms with Gasteiger partial charge in [-0.25, -0.2) is 0 Å². The van der Waals surface area contributed by atoms with E-state index in [0.29, 0.717) is 30.7 Å². The van der Waals surface area contributed by atoms with Crippen LogP contribution in [0.4, 0.5) is 0 Å². The summed E-state index contributed by atoms with van der Waals surface area (Å²) in [5, 5.41) is 13.4. The number of fused-ring (bicyclic) bond motifs is 2. The van der Waals surface area contributed by atoms with Gasteiger partial charge in [-0.15, -0.1) is 0 Å². The highest BCUT2D eigenvalue weighted by molar-refractivity contribution is 5.71. The van der Waals surface area contributed by atoms with Crippen molar-refractivity contribution in [1.29, 1.82) is 0 Å². The quantitative estimate of drug-likeness (QED) is 0.859. The van der Waals surface area contributed by atoms with Crippen molar-refractivity contribution in [3.05, 3.63) is 23.9 Å². The molecule has 3 heterocycles. The van der Waals surface area contributed by atoms with Gasteiger partial charge in [0.1, 0.15) is 0 Å². The number of ether oxygens (including phenoxy) is 1. The summed E-state index contributed by atoms with van der Waals surface area (Å²) in [7, 11) is 0. The number of aromatic nitrogens is 2. The Kier molecular flexibility index (Phi) is 3.06. The van der Waals surface area contributed by atoms with Crippen LogP contribution in [0, 0.1) is 5.92 Å². The molecule has 0 spiro atoms. The Balaban J connectivity index is 1.56. The fourth-order valence-electron chi connectivity index (χ4n) is 3.82. The fourth-order valence-corrected chi connectivity index (χ4v) is 3.82. The standard InChI is InChI=1S/C15H18N2O4/c18-15(19)10-4-2-1-3-9(10)14-16-13(17-21-14)11-7-8-5-6-12(11)20-8/h1-2,8-12H,3-7H2,(H,18,19). The van der Waals surface area contributed by atoms with E-state index in [1.807, 2.05) is 12.2 Å². The van der Waals surface area contributed by atoms with E-state index in [0.717, 1.165) is 19.3 Å². The van der Waals surface area contributed by atoms with Crippen LogP contribution in [-0.2, 0) is 9.53 Å². The average molecular weight is 290 g/mol. The van der Waals surface area contributed by atoms with Crippen molar-refractivity contribution in [3.8, 4) is 0 Å². The van der Waals surface area contributed by atoms with Gasteiger partial charge in [0.2, 0.25) is 5.89 Å². The van der Waals surface area contributed by atoms with Crippen LogP contribution in [0.3, 0.4) is 0 Å².